The Balaban J connectivity index is 1.78. The van der Waals surface area contributed by atoms with Gasteiger partial charge in [0.15, 0.2) is 0 Å². The Kier molecular flexibility index (Phi) is 4.33. The molecule has 6 heteroatoms. The summed E-state index contributed by atoms with van der Waals surface area (Å²) in [5, 5.41) is 11.1. The van der Waals surface area contributed by atoms with Gasteiger partial charge in [-0.2, -0.15) is 5.10 Å². The van der Waals surface area contributed by atoms with Crippen LogP contribution in [0, 0.1) is 0 Å². The fourth-order valence-electron chi connectivity index (χ4n) is 2.01. The molecular weight excluding hydrogens is 232 g/mol. The van der Waals surface area contributed by atoms with E-state index in [9.17, 15) is 4.79 Å². The number of amides is 1. The number of nitrogens with zero attached hydrogens (tertiary/aromatic N) is 3. The van der Waals surface area contributed by atoms with Crippen LogP contribution < -0.4 is 5.32 Å². The van der Waals surface area contributed by atoms with Gasteiger partial charge in [-0.1, -0.05) is 0 Å². The molecule has 6 nitrogen and oxygen atoms in total. The van der Waals surface area contributed by atoms with Gasteiger partial charge in [-0.25, -0.2) is 4.79 Å². The molecule has 1 aromatic heterocycles. The third-order valence-corrected chi connectivity index (χ3v) is 2.95. The number of hydrogen-bond donors (Lipinski definition) is 1. The van der Waals surface area contributed by atoms with Gasteiger partial charge in [0.1, 0.15) is 5.82 Å². The number of carbonyl (C=O) groups excluding carboxylic acids is 1. The smallest absolute Gasteiger partial charge is 0.409 e. The van der Waals surface area contributed by atoms with Crippen LogP contribution in [0.5, 0.6) is 0 Å². The Labute approximate surface area is 106 Å². The first-order valence-corrected chi connectivity index (χ1v) is 6.25. The largest absolute Gasteiger partial charge is 0.450 e. The van der Waals surface area contributed by atoms with E-state index in [1.807, 2.05) is 19.1 Å². The van der Waals surface area contributed by atoms with Crippen LogP contribution in [-0.4, -0.2) is 46.9 Å². The number of anilines is 1. The van der Waals surface area contributed by atoms with Crippen molar-refractivity contribution in [2.24, 2.45) is 0 Å². The fourth-order valence-corrected chi connectivity index (χ4v) is 2.01. The van der Waals surface area contributed by atoms with Crippen molar-refractivity contribution in [3.8, 4) is 0 Å². The third kappa shape index (κ3) is 3.32. The summed E-state index contributed by atoms with van der Waals surface area (Å²) >= 11 is 0. The maximum atomic E-state index is 11.5. The van der Waals surface area contributed by atoms with Crippen molar-refractivity contribution in [1.29, 1.82) is 0 Å². The third-order valence-electron chi connectivity index (χ3n) is 2.95. The standard InChI is InChI=1S/C12H18N4O2/c1-2-18-12(17)16-8-5-10(6-9-16)14-11-4-3-7-13-15-11/h3-4,7,10H,2,5-6,8-9H2,1H3,(H,14,15). The van der Waals surface area contributed by atoms with Gasteiger partial charge >= 0.3 is 6.09 Å². The molecule has 0 aliphatic carbocycles. The first kappa shape index (κ1) is 12.6. The molecule has 2 rings (SSSR count). The normalized spacial score (nSPS) is 16.4. The van der Waals surface area contributed by atoms with Gasteiger partial charge in [0.05, 0.1) is 6.61 Å². The lowest BCUT2D eigenvalue weighted by Gasteiger charge is -2.31. The first-order chi connectivity index (χ1) is 8.79. The minimum atomic E-state index is -0.213. The van der Waals surface area contributed by atoms with Gasteiger partial charge in [-0.05, 0) is 31.9 Å². The monoisotopic (exact) mass is 250 g/mol. The van der Waals surface area contributed by atoms with Crippen molar-refractivity contribution in [1.82, 2.24) is 15.1 Å². The van der Waals surface area contributed by atoms with E-state index in [1.54, 1.807) is 11.1 Å². The number of carbonyl (C=O) groups is 1. The van der Waals surface area contributed by atoms with E-state index in [0.717, 1.165) is 31.7 Å². The highest BCUT2D eigenvalue weighted by Crippen LogP contribution is 2.15. The Morgan fingerprint density at radius 3 is 2.94 bits per heavy atom. The summed E-state index contributed by atoms with van der Waals surface area (Å²) in [6, 6.07) is 4.08. The molecule has 2 heterocycles. The second-order valence-electron chi connectivity index (χ2n) is 4.21. The van der Waals surface area contributed by atoms with Crippen LogP contribution in [-0.2, 0) is 4.74 Å². The van der Waals surface area contributed by atoms with Gasteiger partial charge in [0.2, 0.25) is 0 Å². The summed E-state index contributed by atoms with van der Waals surface area (Å²) in [5.41, 5.74) is 0. The molecule has 1 aliphatic rings. The predicted molar refractivity (Wildman–Crippen MR) is 67.3 cm³/mol. The second-order valence-corrected chi connectivity index (χ2v) is 4.21. The lowest BCUT2D eigenvalue weighted by atomic mass is 10.1. The molecule has 98 valence electrons. The zero-order valence-corrected chi connectivity index (χ0v) is 10.5. The number of nitrogens with one attached hydrogen (secondary N) is 1. The molecular formula is C12H18N4O2. The van der Waals surface area contributed by atoms with E-state index in [2.05, 4.69) is 15.5 Å². The second kappa shape index (κ2) is 6.18. The van der Waals surface area contributed by atoms with Crippen LogP contribution in [0.25, 0.3) is 0 Å². The molecule has 1 fully saturated rings. The van der Waals surface area contributed by atoms with E-state index in [-0.39, 0.29) is 6.09 Å². The molecule has 0 bridgehead atoms. The number of aromatic nitrogens is 2. The van der Waals surface area contributed by atoms with Gasteiger partial charge in [-0.3, -0.25) is 0 Å². The summed E-state index contributed by atoms with van der Waals surface area (Å²) in [7, 11) is 0. The van der Waals surface area contributed by atoms with E-state index in [4.69, 9.17) is 4.74 Å². The Hall–Kier alpha value is -1.85. The highest BCUT2D eigenvalue weighted by Gasteiger charge is 2.23. The van der Waals surface area contributed by atoms with Gasteiger partial charge < -0.3 is 15.0 Å². The molecule has 1 amide bonds. The molecule has 18 heavy (non-hydrogen) atoms. The van der Waals surface area contributed by atoms with Gasteiger partial charge in [0, 0.05) is 25.3 Å². The van der Waals surface area contributed by atoms with Gasteiger partial charge in [-0.15, -0.1) is 5.10 Å². The van der Waals surface area contributed by atoms with Crippen molar-refractivity contribution in [2.45, 2.75) is 25.8 Å². The van der Waals surface area contributed by atoms with Crippen molar-refractivity contribution >= 4 is 11.9 Å². The summed E-state index contributed by atoms with van der Waals surface area (Å²) < 4.78 is 4.98. The minimum Gasteiger partial charge on any atom is -0.450 e. The summed E-state index contributed by atoms with van der Waals surface area (Å²) in [6.07, 6.45) is 3.23. The quantitative estimate of drug-likeness (QED) is 0.880. The van der Waals surface area contributed by atoms with Crippen molar-refractivity contribution in [3.05, 3.63) is 18.3 Å². The zero-order valence-electron chi connectivity index (χ0n) is 10.5. The van der Waals surface area contributed by atoms with Crippen LogP contribution in [0.3, 0.4) is 0 Å². The number of piperidine rings is 1. The number of ether oxygens (including phenoxy) is 1. The van der Waals surface area contributed by atoms with Crippen molar-refractivity contribution < 1.29 is 9.53 Å². The summed E-state index contributed by atoms with van der Waals surface area (Å²) in [4.78, 5) is 13.3. The molecule has 0 aromatic carbocycles. The van der Waals surface area contributed by atoms with Crippen molar-refractivity contribution in [3.63, 3.8) is 0 Å². The molecule has 0 radical (unpaired) electrons. The van der Waals surface area contributed by atoms with Crippen LogP contribution in [0.15, 0.2) is 18.3 Å². The molecule has 0 spiro atoms. The average Bonchev–Trinajstić information content (AvgIpc) is 2.41. The molecule has 1 saturated heterocycles. The minimum absolute atomic E-state index is 0.213. The molecule has 1 aliphatic heterocycles. The highest BCUT2D eigenvalue weighted by atomic mass is 16.6. The van der Waals surface area contributed by atoms with E-state index in [0.29, 0.717) is 12.6 Å². The molecule has 0 unspecified atom stereocenters. The lowest BCUT2D eigenvalue weighted by molar-refractivity contribution is 0.0983. The number of likely N-dealkylation sites (tertiary alicyclic amines) is 1. The molecule has 1 aromatic rings. The molecule has 0 saturated carbocycles. The number of rotatable bonds is 3. The summed E-state index contributed by atoms with van der Waals surface area (Å²) in [6.45, 7) is 3.68. The highest BCUT2D eigenvalue weighted by molar-refractivity contribution is 5.67. The fraction of sp³-hybridized carbons (Fsp3) is 0.583. The maximum absolute atomic E-state index is 11.5. The zero-order chi connectivity index (χ0) is 12.8. The SMILES string of the molecule is CCOC(=O)N1CCC(Nc2cccnn2)CC1. The van der Waals surface area contributed by atoms with Crippen LogP contribution in [0.2, 0.25) is 0 Å². The number of hydrogen-bond acceptors (Lipinski definition) is 5. The summed E-state index contributed by atoms with van der Waals surface area (Å²) in [5.74, 6) is 0.784. The topological polar surface area (TPSA) is 67.3 Å². The Morgan fingerprint density at radius 2 is 2.33 bits per heavy atom. The van der Waals surface area contributed by atoms with Gasteiger partial charge in [0.25, 0.3) is 0 Å². The van der Waals surface area contributed by atoms with E-state index >= 15 is 0 Å². The Bertz CT molecular complexity index is 377. The first-order valence-electron chi connectivity index (χ1n) is 6.25. The van der Waals surface area contributed by atoms with E-state index < -0.39 is 0 Å². The lowest BCUT2D eigenvalue weighted by Crippen LogP contribution is -2.42. The molecule has 0 atom stereocenters. The molecule has 1 N–H and O–H groups in total. The van der Waals surface area contributed by atoms with E-state index in [1.165, 1.54) is 0 Å². The Morgan fingerprint density at radius 1 is 1.56 bits per heavy atom. The van der Waals surface area contributed by atoms with Crippen LogP contribution >= 0.6 is 0 Å². The average molecular weight is 250 g/mol. The van der Waals surface area contributed by atoms with Crippen molar-refractivity contribution in [2.75, 3.05) is 25.0 Å². The maximum Gasteiger partial charge on any atom is 0.409 e. The van der Waals surface area contributed by atoms with Crippen LogP contribution in [0.4, 0.5) is 10.6 Å². The predicted octanol–water partition coefficient (Wildman–Crippen LogP) is 1.51. The van der Waals surface area contributed by atoms with Crippen LogP contribution in [0.1, 0.15) is 19.8 Å².